The smallest absolute Gasteiger partial charge is 0.257 e. The summed E-state index contributed by atoms with van der Waals surface area (Å²) >= 11 is 3.44. The topological polar surface area (TPSA) is 92.9 Å². The molecule has 2 heterocycles. The van der Waals surface area contributed by atoms with Gasteiger partial charge in [-0.3, -0.25) is 0 Å². The summed E-state index contributed by atoms with van der Waals surface area (Å²) < 4.78 is 2.66. The fourth-order valence-electron chi connectivity index (χ4n) is 2.92. The third kappa shape index (κ3) is 5.64. The van der Waals surface area contributed by atoms with Crippen LogP contribution in [0.25, 0.3) is 12.0 Å². The maximum absolute atomic E-state index is 4.53. The molecule has 0 saturated heterocycles. The molecule has 4 aromatic rings. The molecule has 2 aromatic carbocycles. The van der Waals surface area contributed by atoms with Crippen molar-refractivity contribution in [1.82, 2.24) is 24.7 Å². The lowest BCUT2D eigenvalue weighted by Crippen LogP contribution is -2.11. The van der Waals surface area contributed by atoms with E-state index in [4.69, 9.17) is 0 Å². The minimum atomic E-state index is 0.298. The largest absolute Gasteiger partial charge is 0.324 e. The molecule has 2 N–H and O–H groups in total. The summed E-state index contributed by atoms with van der Waals surface area (Å²) in [5.74, 6) is 1.07. The van der Waals surface area contributed by atoms with E-state index in [2.05, 4.69) is 51.8 Å². The molecule has 0 spiro atoms. The first-order valence-corrected chi connectivity index (χ1v) is 10.7. The van der Waals surface area contributed by atoms with Crippen molar-refractivity contribution in [2.45, 2.75) is 13.8 Å². The molecule has 0 aliphatic rings. The van der Waals surface area contributed by atoms with Crippen LogP contribution >= 0.6 is 15.9 Å². The molecule has 0 amide bonds. The number of nitrogens with one attached hydrogen (secondary N) is 2. The first kappa shape index (κ1) is 21.4. The van der Waals surface area contributed by atoms with Crippen LogP contribution in [0.2, 0.25) is 0 Å². The van der Waals surface area contributed by atoms with Crippen LogP contribution in [0, 0.1) is 13.8 Å². The average molecular weight is 489 g/mol. The summed E-state index contributed by atoms with van der Waals surface area (Å²) in [6.45, 7) is 3.87. The van der Waals surface area contributed by atoms with Gasteiger partial charge in [0.25, 0.3) is 5.95 Å². The van der Waals surface area contributed by atoms with E-state index < -0.39 is 0 Å². The van der Waals surface area contributed by atoms with Crippen LogP contribution in [0.1, 0.15) is 17.0 Å². The number of halogens is 1. The standard InChI is InChI=1S/C23H21BrN8/c1-16-15-17(2)32(31-16)23-28-21(26-20-12-10-19(24)11-13-20)27-22(29-23)30-25-14-6-9-18-7-4-3-5-8-18/h3-15H,1-2H3,(H2,26,27,28,29,30). The Balaban J connectivity index is 1.58. The van der Waals surface area contributed by atoms with Gasteiger partial charge in [-0.2, -0.15) is 25.2 Å². The van der Waals surface area contributed by atoms with E-state index in [0.29, 0.717) is 17.8 Å². The lowest BCUT2D eigenvalue weighted by atomic mass is 10.2. The number of allylic oxidation sites excluding steroid dienone is 1. The average Bonchev–Trinajstić information content (AvgIpc) is 3.14. The van der Waals surface area contributed by atoms with E-state index in [1.54, 1.807) is 10.9 Å². The zero-order valence-corrected chi connectivity index (χ0v) is 19.2. The van der Waals surface area contributed by atoms with Crippen LogP contribution in [-0.2, 0) is 0 Å². The zero-order valence-electron chi connectivity index (χ0n) is 17.6. The molecule has 0 aliphatic heterocycles. The fraction of sp³-hybridized carbons (Fsp3) is 0.0870. The summed E-state index contributed by atoms with van der Waals surface area (Å²) in [4.78, 5) is 13.4. The SMILES string of the molecule is Cc1cc(C)n(-c2nc(NN=CC=Cc3ccccc3)nc(Nc3ccc(Br)cc3)n2)n1. The number of aryl methyl sites for hydroxylation is 2. The summed E-state index contributed by atoms with van der Waals surface area (Å²) in [6, 6.07) is 19.7. The van der Waals surface area contributed by atoms with Gasteiger partial charge in [-0.15, -0.1) is 0 Å². The molecule has 0 bridgehead atoms. The Morgan fingerprint density at radius 1 is 0.938 bits per heavy atom. The molecule has 2 aromatic heterocycles. The normalized spacial score (nSPS) is 11.3. The molecule has 0 radical (unpaired) electrons. The maximum atomic E-state index is 4.53. The number of rotatable bonds is 7. The van der Waals surface area contributed by atoms with Crippen molar-refractivity contribution in [1.29, 1.82) is 0 Å². The van der Waals surface area contributed by atoms with E-state index in [-0.39, 0.29) is 0 Å². The van der Waals surface area contributed by atoms with Gasteiger partial charge in [0.15, 0.2) is 0 Å². The lowest BCUT2D eigenvalue weighted by Gasteiger charge is -2.09. The molecule has 4 rings (SSSR count). The Hall–Kier alpha value is -3.85. The number of aromatic nitrogens is 5. The second kappa shape index (κ2) is 9.97. The number of hydrogen-bond acceptors (Lipinski definition) is 7. The highest BCUT2D eigenvalue weighted by Gasteiger charge is 2.12. The first-order valence-electron chi connectivity index (χ1n) is 9.90. The molecular weight excluding hydrogens is 468 g/mol. The highest BCUT2D eigenvalue weighted by atomic mass is 79.9. The number of benzene rings is 2. The van der Waals surface area contributed by atoms with Crippen LogP contribution in [0.4, 0.5) is 17.6 Å². The van der Waals surface area contributed by atoms with Crippen molar-refractivity contribution in [2.24, 2.45) is 5.10 Å². The molecule has 0 fully saturated rings. The van der Waals surface area contributed by atoms with Crippen LogP contribution in [0.15, 0.2) is 76.3 Å². The number of anilines is 3. The molecule has 0 unspecified atom stereocenters. The monoisotopic (exact) mass is 488 g/mol. The zero-order chi connectivity index (χ0) is 22.3. The fourth-order valence-corrected chi connectivity index (χ4v) is 3.18. The van der Waals surface area contributed by atoms with E-state index in [9.17, 15) is 0 Å². The van der Waals surface area contributed by atoms with Crippen molar-refractivity contribution < 1.29 is 0 Å². The third-order valence-electron chi connectivity index (χ3n) is 4.34. The maximum Gasteiger partial charge on any atom is 0.257 e. The van der Waals surface area contributed by atoms with Crippen molar-refractivity contribution in [3.8, 4) is 5.95 Å². The van der Waals surface area contributed by atoms with Crippen LogP contribution in [0.3, 0.4) is 0 Å². The highest BCUT2D eigenvalue weighted by molar-refractivity contribution is 9.10. The Kier molecular flexibility index (Phi) is 6.66. The van der Waals surface area contributed by atoms with Gasteiger partial charge in [-0.05, 0) is 55.8 Å². The quantitative estimate of drug-likeness (QED) is 0.271. The Morgan fingerprint density at radius 3 is 2.41 bits per heavy atom. The van der Waals surface area contributed by atoms with Crippen LogP contribution in [0.5, 0.6) is 0 Å². The van der Waals surface area contributed by atoms with Gasteiger partial charge in [-0.1, -0.05) is 52.3 Å². The molecule has 160 valence electrons. The van der Waals surface area contributed by atoms with Crippen molar-refractivity contribution in [3.05, 3.63) is 88.2 Å². The predicted octanol–water partition coefficient (Wildman–Crippen LogP) is 5.29. The third-order valence-corrected chi connectivity index (χ3v) is 4.87. The molecule has 0 aliphatic carbocycles. The van der Waals surface area contributed by atoms with Crippen LogP contribution < -0.4 is 10.7 Å². The Labute approximate surface area is 194 Å². The van der Waals surface area contributed by atoms with Gasteiger partial charge in [0, 0.05) is 22.1 Å². The van der Waals surface area contributed by atoms with Gasteiger partial charge in [-0.25, -0.2) is 10.1 Å². The Morgan fingerprint density at radius 2 is 1.69 bits per heavy atom. The number of hydrazone groups is 1. The summed E-state index contributed by atoms with van der Waals surface area (Å²) in [5.41, 5.74) is 6.60. The minimum Gasteiger partial charge on any atom is -0.324 e. The van der Waals surface area contributed by atoms with Gasteiger partial charge >= 0.3 is 0 Å². The lowest BCUT2D eigenvalue weighted by molar-refractivity contribution is 0.767. The number of hydrogen-bond donors (Lipinski definition) is 2. The van der Waals surface area contributed by atoms with Crippen molar-refractivity contribution >= 4 is 45.8 Å². The second-order valence-corrected chi connectivity index (χ2v) is 7.83. The van der Waals surface area contributed by atoms with Gasteiger partial charge in [0.1, 0.15) is 0 Å². The predicted molar refractivity (Wildman–Crippen MR) is 131 cm³/mol. The molecule has 0 saturated carbocycles. The molecule has 8 nitrogen and oxygen atoms in total. The molecule has 0 atom stereocenters. The molecule has 32 heavy (non-hydrogen) atoms. The van der Waals surface area contributed by atoms with E-state index in [0.717, 1.165) is 27.1 Å². The van der Waals surface area contributed by atoms with Gasteiger partial charge in [0.05, 0.1) is 5.69 Å². The summed E-state index contributed by atoms with van der Waals surface area (Å²) in [7, 11) is 0. The first-order chi connectivity index (χ1) is 15.6. The summed E-state index contributed by atoms with van der Waals surface area (Å²) in [5, 5.41) is 11.9. The van der Waals surface area contributed by atoms with Crippen LogP contribution in [-0.4, -0.2) is 30.9 Å². The number of nitrogens with zero attached hydrogens (tertiary/aromatic N) is 6. The Bertz CT molecular complexity index is 1250. The van der Waals surface area contributed by atoms with Crippen molar-refractivity contribution in [3.63, 3.8) is 0 Å². The van der Waals surface area contributed by atoms with E-state index >= 15 is 0 Å². The van der Waals surface area contributed by atoms with E-state index in [1.165, 1.54) is 0 Å². The minimum absolute atomic E-state index is 0.298. The highest BCUT2D eigenvalue weighted by Crippen LogP contribution is 2.19. The summed E-state index contributed by atoms with van der Waals surface area (Å²) in [6.07, 6.45) is 5.44. The molecular formula is C23H21BrN8. The second-order valence-electron chi connectivity index (χ2n) is 6.91. The van der Waals surface area contributed by atoms with E-state index in [1.807, 2.05) is 86.7 Å². The van der Waals surface area contributed by atoms with Gasteiger partial charge < -0.3 is 5.32 Å². The van der Waals surface area contributed by atoms with Gasteiger partial charge in [0.2, 0.25) is 11.9 Å². The molecule has 9 heteroatoms. The van der Waals surface area contributed by atoms with Crippen molar-refractivity contribution in [2.75, 3.05) is 10.7 Å².